The molecule has 1 aromatic heterocycles. The van der Waals surface area contributed by atoms with Crippen LogP contribution in [0.2, 0.25) is 0 Å². The van der Waals surface area contributed by atoms with Gasteiger partial charge < -0.3 is 15.4 Å². The van der Waals surface area contributed by atoms with E-state index in [1.165, 1.54) is 11.9 Å². The van der Waals surface area contributed by atoms with E-state index < -0.39 is 0 Å². The molecule has 0 fully saturated rings. The Morgan fingerprint density at radius 2 is 1.83 bits per heavy atom. The van der Waals surface area contributed by atoms with Gasteiger partial charge in [-0.2, -0.15) is 5.10 Å². The molecular formula is C17H17N5OS. The van der Waals surface area contributed by atoms with E-state index in [1.807, 2.05) is 54.6 Å². The summed E-state index contributed by atoms with van der Waals surface area (Å²) >= 11 is 1.52. The van der Waals surface area contributed by atoms with Crippen molar-refractivity contribution < 1.29 is 4.79 Å². The van der Waals surface area contributed by atoms with Crippen molar-refractivity contribution in [2.75, 3.05) is 10.0 Å². The molecule has 0 atom stereocenters. The monoisotopic (exact) mass is 339 g/mol. The molecular weight excluding hydrogens is 322 g/mol. The van der Waals surface area contributed by atoms with E-state index in [1.54, 1.807) is 12.4 Å². The first kappa shape index (κ1) is 15.9. The number of hydrogen-bond acceptors (Lipinski definition) is 4. The van der Waals surface area contributed by atoms with Crippen LogP contribution in [0.1, 0.15) is 5.56 Å². The second-order valence-corrected chi connectivity index (χ2v) is 5.89. The molecule has 2 amide bonds. The van der Waals surface area contributed by atoms with Gasteiger partial charge in [-0.3, -0.25) is 5.10 Å². The standard InChI is InChI=1S/C17H17N5OS/c23-17(18-10-13-11-19-20-12-13)21-14-6-8-16(9-7-14)24-22-15-4-2-1-3-5-15/h1-9,11-12,22H,10H2,(H,19,20)(H2,18,21,23). The summed E-state index contributed by atoms with van der Waals surface area (Å²) in [6.07, 6.45) is 3.41. The molecule has 122 valence electrons. The molecule has 0 aliphatic carbocycles. The van der Waals surface area contributed by atoms with Gasteiger partial charge in [0.25, 0.3) is 0 Å². The van der Waals surface area contributed by atoms with Crippen LogP contribution < -0.4 is 15.4 Å². The molecule has 3 rings (SSSR count). The highest BCUT2D eigenvalue weighted by Crippen LogP contribution is 2.22. The molecule has 0 aliphatic heterocycles. The number of carbonyl (C=O) groups excluding carboxylic acids is 1. The van der Waals surface area contributed by atoms with Gasteiger partial charge in [0.15, 0.2) is 0 Å². The maximum Gasteiger partial charge on any atom is 0.319 e. The Labute approximate surface area is 144 Å². The van der Waals surface area contributed by atoms with E-state index in [-0.39, 0.29) is 6.03 Å². The number of aromatic nitrogens is 2. The van der Waals surface area contributed by atoms with Gasteiger partial charge in [-0.15, -0.1) is 0 Å². The summed E-state index contributed by atoms with van der Waals surface area (Å²) in [5.74, 6) is 0. The molecule has 0 spiro atoms. The minimum Gasteiger partial charge on any atom is -0.334 e. The predicted octanol–water partition coefficient (Wildman–Crippen LogP) is 3.85. The number of para-hydroxylation sites is 1. The fourth-order valence-corrected chi connectivity index (χ4v) is 2.61. The lowest BCUT2D eigenvalue weighted by Gasteiger charge is -2.08. The van der Waals surface area contributed by atoms with Crippen LogP contribution in [0.5, 0.6) is 0 Å². The van der Waals surface area contributed by atoms with Crippen molar-refractivity contribution in [3.8, 4) is 0 Å². The van der Waals surface area contributed by atoms with Crippen molar-refractivity contribution in [1.29, 1.82) is 0 Å². The average Bonchev–Trinajstić information content (AvgIpc) is 3.14. The van der Waals surface area contributed by atoms with Crippen molar-refractivity contribution in [2.45, 2.75) is 11.4 Å². The predicted molar refractivity (Wildman–Crippen MR) is 96.8 cm³/mol. The summed E-state index contributed by atoms with van der Waals surface area (Å²) < 4.78 is 3.27. The quantitative estimate of drug-likeness (QED) is 0.514. The Kier molecular flexibility index (Phi) is 5.36. The zero-order valence-corrected chi connectivity index (χ0v) is 13.6. The summed E-state index contributed by atoms with van der Waals surface area (Å²) in [4.78, 5) is 12.9. The average molecular weight is 339 g/mol. The Morgan fingerprint density at radius 1 is 1.04 bits per heavy atom. The van der Waals surface area contributed by atoms with Crippen LogP contribution in [0, 0.1) is 0 Å². The van der Waals surface area contributed by atoms with Crippen LogP contribution >= 0.6 is 11.9 Å². The minimum atomic E-state index is -0.251. The Hall–Kier alpha value is -2.93. The number of anilines is 2. The zero-order valence-electron chi connectivity index (χ0n) is 12.8. The number of benzene rings is 2. The van der Waals surface area contributed by atoms with Crippen molar-refractivity contribution >= 4 is 29.4 Å². The third-order valence-corrected chi connectivity index (χ3v) is 4.03. The van der Waals surface area contributed by atoms with Gasteiger partial charge in [-0.1, -0.05) is 18.2 Å². The SMILES string of the molecule is O=C(NCc1cn[nH]c1)Nc1ccc(SNc2ccccc2)cc1. The molecule has 0 unspecified atom stereocenters. The summed E-state index contributed by atoms with van der Waals surface area (Å²) in [5.41, 5.74) is 2.70. The molecule has 0 bridgehead atoms. The Morgan fingerprint density at radius 3 is 2.54 bits per heavy atom. The largest absolute Gasteiger partial charge is 0.334 e. The summed E-state index contributed by atoms with van der Waals surface area (Å²) in [7, 11) is 0. The van der Waals surface area contributed by atoms with E-state index in [0.29, 0.717) is 6.54 Å². The van der Waals surface area contributed by atoms with Gasteiger partial charge >= 0.3 is 6.03 Å². The van der Waals surface area contributed by atoms with E-state index >= 15 is 0 Å². The van der Waals surface area contributed by atoms with Crippen LogP contribution in [0.3, 0.4) is 0 Å². The molecule has 0 saturated heterocycles. The third kappa shape index (κ3) is 4.79. The lowest BCUT2D eigenvalue weighted by molar-refractivity contribution is 0.251. The molecule has 0 radical (unpaired) electrons. The first-order valence-electron chi connectivity index (χ1n) is 7.40. The van der Waals surface area contributed by atoms with Crippen molar-refractivity contribution in [2.24, 2.45) is 0 Å². The second kappa shape index (κ2) is 8.07. The molecule has 4 N–H and O–H groups in total. The van der Waals surface area contributed by atoms with E-state index in [4.69, 9.17) is 0 Å². The molecule has 3 aromatic rings. The lowest BCUT2D eigenvalue weighted by Crippen LogP contribution is -2.27. The van der Waals surface area contributed by atoms with Gasteiger partial charge in [-0.05, 0) is 48.3 Å². The third-order valence-electron chi connectivity index (χ3n) is 3.18. The molecule has 1 heterocycles. The fraction of sp³-hybridized carbons (Fsp3) is 0.0588. The van der Waals surface area contributed by atoms with E-state index in [9.17, 15) is 4.79 Å². The molecule has 0 aliphatic rings. The summed E-state index contributed by atoms with van der Waals surface area (Å²) in [5, 5.41) is 12.1. The smallest absolute Gasteiger partial charge is 0.319 e. The molecule has 24 heavy (non-hydrogen) atoms. The first-order valence-corrected chi connectivity index (χ1v) is 8.22. The number of carbonyl (C=O) groups is 1. The van der Waals surface area contributed by atoms with Crippen LogP contribution in [-0.2, 0) is 6.54 Å². The Balaban J connectivity index is 1.46. The van der Waals surface area contributed by atoms with E-state index in [0.717, 1.165) is 21.8 Å². The maximum absolute atomic E-state index is 11.8. The van der Waals surface area contributed by atoms with Gasteiger partial charge in [0.2, 0.25) is 0 Å². The molecule has 7 heteroatoms. The van der Waals surface area contributed by atoms with Crippen molar-refractivity contribution in [3.05, 3.63) is 72.6 Å². The fourth-order valence-electron chi connectivity index (χ4n) is 1.96. The van der Waals surface area contributed by atoms with Gasteiger partial charge in [0.1, 0.15) is 0 Å². The zero-order chi connectivity index (χ0) is 16.6. The summed E-state index contributed by atoms with van der Waals surface area (Å²) in [6, 6.07) is 17.3. The number of amides is 2. The highest BCUT2D eigenvalue weighted by atomic mass is 32.2. The molecule has 6 nitrogen and oxygen atoms in total. The number of urea groups is 1. The van der Waals surface area contributed by atoms with Crippen molar-refractivity contribution in [3.63, 3.8) is 0 Å². The van der Waals surface area contributed by atoms with Gasteiger partial charge in [0, 0.05) is 34.6 Å². The maximum atomic E-state index is 11.8. The van der Waals surface area contributed by atoms with Gasteiger partial charge in [-0.25, -0.2) is 4.79 Å². The first-order chi connectivity index (χ1) is 11.8. The number of nitrogens with one attached hydrogen (secondary N) is 4. The molecule has 2 aromatic carbocycles. The minimum absolute atomic E-state index is 0.251. The van der Waals surface area contributed by atoms with Crippen LogP contribution in [-0.4, -0.2) is 16.2 Å². The molecule has 0 saturated carbocycles. The summed E-state index contributed by atoms with van der Waals surface area (Å²) in [6.45, 7) is 0.428. The normalized spacial score (nSPS) is 10.2. The van der Waals surface area contributed by atoms with Gasteiger partial charge in [0.05, 0.1) is 6.20 Å². The topological polar surface area (TPSA) is 81.8 Å². The highest BCUT2D eigenvalue weighted by molar-refractivity contribution is 8.00. The van der Waals surface area contributed by atoms with Crippen LogP contribution in [0.4, 0.5) is 16.2 Å². The van der Waals surface area contributed by atoms with Crippen LogP contribution in [0.15, 0.2) is 71.9 Å². The highest BCUT2D eigenvalue weighted by Gasteiger charge is 2.03. The Bertz CT molecular complexity index is 759. The second-order valence-electron chi connectivity index (χ2n) is 5.01. The number of rotatable bonds is 6. The lowest BCUT2D eigenvalue weighted by atomic mass is 10.3. The number of H-pyrrole nitrogens is 1. The van der Waals surface area contributed by atoms with Crippen molar-refractivity contribution in [1.82, 2.24) is 15.5 Å². The number of aromatic amines is 1. The van der Waals surface area contributed by atoms with E-state index in [2.05, 4.69) is 25.6 Å². The van der Waals surface area contributed by atoms with Crippen LogP contribution in [0.25, 0.3) is 0 Å². The number of nitrogens with zero attached hydrogens (tertiary/aromatic N) is 1. The number of hydrogen-bond donors (Lipinski definition) is 4.